The van der Waals surface area contributed by atoms with Gasteiger partial charge in [0, 0.05) is 16.7 Å². The minimum absolute atomic E-state index is 0.441. The molecule has 1 aromatic heterocycles. The fourth-order valence-electron chi connectivity index (χ4n) is 0.684. The van der Waals surface area contributed by atoms with Crippen LogP contribution in [0.3, 0.4) is 0 Å². The topological polar surface area (TPSA) is 15.8 Å². The number of aromatic nitrogens is 1. The predicted molar refractivity (Wildman–Crippen MR) is 48.2 cm³/mol. The van der Waals surface area contributed by atoms with Crippen LogP contribution in [0.1, 0.15) is 12.6 Å². The number of rotatable bonds is 2. The van der Waals surface area contributed by atoms with Crippen LogP contribution in [0.15, 0.2) is 24.4 Å². The van der Waals surface area contributed by atoms with E-state index in [9.17, 15) is 0 Å². The van der Waals surface area contributed by atoms with Gasteiger partial charge in [0.25, 0.3) is 0 Å². The first-order chi connectivity index (χ1) is 4.79. The maximum absolute atomic E-state index is 3.42. The van der Waals surface area contributed by atoms with Crippen molar-refractivity contribution in [2.45, 2.75) is 11.8 Å². The first-order valence-corrected chi connectivity index (χ1v) is 4.16. The highest BCUT2D eigenvalue weighted by molar-refractivity contribution is 9.09. The van der Waals surface area contributed by atoms with Gasteiger partial charge >= 0.3 is 0 Å². The maximum Gasteiger partial charge on any atom is 0.0377 e. The van der Waals surface area contributed by atoms with Crippen molar-refractivity contribution in [2.24, 2.45) is 0 Å². The van der Waals surface area contributed by atoms with Crippen LogP contribution in [0.5, 0.6) is 0 Å². The number of halogens is 1. The van der Waals surface area contributed by atoms with Gasteiger partial charge in [0.15, 0.2) is 0 Å². The Labute approximate surface area is 69.3 Å². The monoisotopic (exact) mass is 199 g/mol. The number of nitrogens with one attached hydrogen (secondary N) is 1. The van der Waals surface area contributed by atoms with Gasteiger partial charge in [-0.3, -0.25) is 0 Å². The molecule has 1 N–H and O–H groups in total. The summed E-state index contributed by atoms with van der Waals surface area (Å²) in [5.74, 6) is 0. The van der Waals surface area contributed by atoms with Crippen LogP contribution in [0, 0.1) is 0 Å². The van der Waals surface area contributed by atoms with Crippen molar-refractivity contribution in [3.8, 4) is 0 Å². The van der Waals surface area contributed by atoms with E-state index in [1.165, 1.54) is 0 Å². The van der Waals surface area contributed by atoms with Crippen LogP contribution in [-0.2, 0) is 0 Å². The van der Waals surface area contributed by atoms with E-state index in [4.69, 9.17) is 0 Å². The molecule has 10 heavy (non-hydrogen) atoms. The van der Waals surface area contributed by atoms with Gasteiger partial charge in [0.05, 0.1) is 0 Å². The lowest BCUT2D eigenvalue weighted by Gasteiger charge is -1.89. The molecule has 0 aliphatic heterocycles. The molecule has 2 heteroatoms. The molecule has 0 aliphatic carbocycles. The summed E-state index contributed by atoms with van der Waals surface area (Å²) >= 11 is 3.42. The molecule has 0 radical (unpaired) electrons. The van der Waals surface area contributed by atoms with E-state index in [1.54, 1.807) is 0 Å². The number of H-pyrrole nitrogens is 1. The van der Waals surface area contributed by atoms with Crippen molar-refractivity contribution in [1.82, 2.24) is 4.98 Å². The molecule has 0 aliphatic rings. The standard InChI is InChI=1S/C8H10BrN/c1-7(9)4-5-8-3-2-6-10-8/h2-7,10H,1H3/b5-4+. The van der Waals surface area contributed by atoms with Gasteiger partial charge in [-0.15, -0.1) is 0 Å². The molecular formula is C8H10BrN. The van der Waals surface area contributed by atoms with Gasteiger partial charge < -0.3 is 4.98 Å². The van der Waals surface area contributed by atoms with Gasteiger partial charge in [0.2, 0.25) is 0 Å². The Balaban J connectivity index is 2.55. The van der Waals surface area contributed by atoms with Gasteiger partial charge in [-0.25, -0.2) is 0 Å². The Kier molecular flexibility index (Phi) is 2.75. The average Bonchev–Trinajstić information content (AvgIpc) is 2.34. The Morgan fingerprint density at radius 3 is 3.00 bits per heavy atom. The zero-order valence-electron chi connectivity index (χ0n) is 5.84. The van der Waals surface area contributed by atoms with Crippen LogP contribution < -0.4 is 0 Å². The van der Waals surface area contributed by atoms with Crippen LogP contribution >= 0.6 is 15.9 Å². The molecular weight excluding hydrogens is 190 g/mol. The Hall–Kier alpha value is -0.500. The fraction of sp³-hybridized carbons (Fsp3) is 0.250. The summed E-state index contributed by atoms with van der Waals surface area (Å²) in [5, 5.41) is 0. The minimum atomic E-state index is 0.441. The molecule has 1 rings (SSSR count). The second kappa shape index (κ2) is 3.62. The molecule has 0 bridgehead atoms. The van der Waals surface area contributed by atoms with E-state index in [1.807, 2.05) is 18.3 Å². The summed E-state index contributed by atoms with van der Waals surface area (Å²) in [6.07, 6.45) is 6.06. The number of allylic oxidation sites excluding steroid dienone is 1. The predicted octanol–water partition coefficient (Wildman–Crippen LogP) is 2.81. The number of aromatic amines is 1. The van der Waals surface area contributed by atoms with Gasteiger partial charge in [-0.05, 0) is 25.1 Å². The summed E-state index contributed by atoms with van der Waals surface area (Å²) in [4.78, 5) is 3.53. The molecule has 1 aromatic rings. The van der Waals surface area contributed by atoms with E-state index in [-0.39, 0.29) is 0 Å². The Morgan fingerprint density at radius 1 is 1.70 bits per heavy atom. The van der Waals surface area contributed by atoms with Gasteiger partial charge in [-0.2, -0.15) is 0 Å². The quantitative estimate of drug-likeness (QED) is 0.706. The van der Waals surface area contributed by atoms with Gasteiger partial charge in [0.1, 0.15) is 0 Å². The molecule has 1 unspecified atom stereocenters. The van der Waals surface area contributed by atoms with Crippen molar-refractivity contribution in [3.05, 3.63) is 30.1 Å². The third kappa shape index (κ3) is 2.40. The summed E-state index contributed by atoms with van der Waals surface area (Å²) < 4.78 is 0. The van der Waals surface area contributed by atoms with Crippen LogP contribution in [-0.4, -0.2) is 9.81 Å². The molecule has 0 saturated carbocycles. The first-order valence-electron chi connectivity index (χ1n) is 3.24. The van der Waals surface area contributed by atoms with Crippen molar-refractivity contribution >= 4 is 22.0 Å². The number of hydrogen-bond donors (Lipinski definition) is 1. The third-order valence-corrected chi connectivity index (χ3v) is 1.47. The van der Waals surface area contributed by atoms with E-state index in [0.29, 0.717) is 4.83 Å². The zero-order valence-corrected chi connectivity index (χ0v) is 7.43. The second-order valence-electron chi connectivity index (χ2n) is 2.16. The SMILES string of the molecule is CC(Br)/C=C/c1ccc[nH]1. The lowest BCUT2D eigenvalue weighted by Crippen LogP contribution is -1.79. The number of alkyl halides is 1. The highest BCUT2D eigenvalue weighted by atomic mass is 79.9. The van der Waals surface area contributed by atoms with Crippen molar-refractivity contribution < 1.29 is 0 Å². The fourth-order valence-corrected chi connectivity index (χ4v) is 0.837. The molecule has 0 saturated heterocycles. The second-order valence-corrected chi connectivity index (χ2v) is 3.61. The summed E-state index contributed by atoms with van der Waals surface area (Å²) in [6, 6.07) is 4.02. The molecule has 0 fully saturated rings. The van der Waals surface area contributed by atoms with Crippen molar-refractivity contribution in [1.29, 1.82) is 0 Å². The van der Waals surface area contributed by atoms with Crippen molar-refractivity contribution in [3.63, 3.8) is 0 Å². The van der Waals surface area contributed by atoms with E-state index in [0.717, 1.165) is 5.69 Å². The number of hydrogen-bond acceptors (Lipinski definition) is 0. The molecule has 54 valence electrons. The molecule has 0 aromatic carbocycles. The minimum Gasteiger partial charge on any atom is -0.362 e. The highest BCUT2D eigenvalue weighted by Gasteiger charge is 1.86. The normalized spacial score (nSPS) is 14.2. The maximum atomic E-state index is 3.42. The smallest absolute Gasteiger partial charge is 0.0377 e. The van der Waals surface area contributed by atoms with Crippen LogP contribution in [0.25, 0.3) is 6.08 Å². The molecule has 0 spiro atoms. The van der Waals surface area contributed by atoms with E-state index in [2.05, 4.69) is 40.0 Å². The van der Waals surface area contributed by atoms with Crippen LogP contribution in [0.4, 0.5) is 0 Å². The lowest BCUT2D eigenvalue weighted by atomic mass is 10.3. The lowest BCUT2D eigenvalue weighted by molar-refractivity contribution is 1.28. The summed E-state index contributed by atoms with van der Waals surface area (Å²) in [7, 11) is 0. The molecule has 1 nitrogen and oxygen atoms in total. The van der Waals surface area contributed by atoms with Crippen molar-refractivity contribution in [2.75, 3.05) is 0 Å². The first kappa shape index (κ1) is 7.61. The summed E-state index contributed by atoms with van der Waals surface area (Å²) in [5.41, 5.74) is 1.14. The van der Waals surface area contributed by atoms with E-state index < -0.39 is 0 Å². The largest absolute Gasteiger partial charge is 0.362 e. The Bertz CT molecular complexity index is 199. The summed E-state index contributed by atoms with van der Waals surface area (Å²) in [6.45, 7) is 2.08. The molecule has 0 amide bonds. The van der Waals surface area contributed by atoms with E-state index >= 15 is 0 Å². The van der Waals surface area contributed by atoms with Crippen LogP contribution in [0.2, 0.25) is 0 Å². The average molecular weight is 200 g/mol. The highest BCUT2D eigenvalue weighted by Crippen LogP contribution is 2.03. The molecule has 1 heterocycles. The zero-order chi connectivity index (χ0) is 7.40. The molecule has 1 atom stereocenters. The van der Waals surface area contributed by atoms with Gasteiger partial charge in [-0.1, -0.05) is 22.0 Å². The Morgan fingerprint density at radius 2 is 2.50 bits per heavy atom. The third-order valence-electron chi connectivity index (χ3n) is 1.16.